The van der Waals surface area contributed by atoms with Gasteiger partial charge < -0.3 is 9.74 Å². The van der Waals surface area contributed by atoms with Crippen LogP contribution in [0, 0.1) is 6.92 Å². The lowest BCUT2D eigenvalue weighted by Crippen LogP contribution is -2.49. The molecule has 1 rings (SSSR count). The van der Waals surface area contributed by atoms with Crippen molar-refractivity contribution in [3.8, 4) is 0 Å². The van der Waals surface area contributed by atoms with E-state index in [0.29, 0.717) is 13.1 Å². The average Bonchev–Trinajstić information content (AvgIpc) is 2.04. The third kappa shape index (κ3) is 1.91. The Morgan fingerprint density at radius 3 is 2.82 bits per heavy atom. The van der Waals surface area contributed by atoms with Gasteiger partial charge in [0.05, 0.1) is 7.11 Å². The van der Waals surface area contributed by atoms with Gasteiger partial charge in [0.2, 0.25) is 5.91 Å². The molecule has 0 atom stereocenters. The van der Waals surface area contributed by atoms with Crippen molar-refractivity contribution in [3.63, 3.8) is 0 Å². The smallest absolute Gasteiger partial charge is 0.239 e. The van der Waals surface area contributed by atoms with Gasteiger partial charge in [0.1, 0.15) is 6.54 Å². The van der Waals surface area contributed by atoms with Gasteiger partial charge in [-0.05, 0) is 6.92 Å². The number of hydroxylamine groups is 2. The lowest BCUT2D eigenvalue weighted by molar-refractivity contribution is -0.172. The van der Waals surface area contributed by atoms with Crippen LogP contribution >= 0.6 is 0 Å². The number of amides is 1. The molecule has 4 nitrogen and oxygen atoms in total. The Labute approximate surface area is 66.7 Å². The maximum absolute atomic E-state index is 11.2. The maximum atomic E-state index is 11.2. The molecule has 0 aromatic carbocycles. The predicted octanol–water partition coefficient (Wildman–Crippen LogP) is -0.474. The zero-order valence-electron chi connectivity index (χ0n) is 6.75. The van der Waals surface area contributed by atoms with Crippen molar-refractivity contribution in [2.24, 2.45) is 0 Å². The van der Waals surface area contributed by atoms with Gasteiger partial charge in [-0.15, -0.1) is 0 Å². The van der Waals surface area contributed by atoms with E-state index >= 15 is 0 Å². The van der Waals surface area contributed by atoms with Gasteiger partial charge in [-0.1, -0.05) is 0 Å². The summed E-state index contributed by atoms with van der Waals surface area (Å²) in [5.74, 6) is 0.0908. The first kappa shape index (κ1) is 8.49. The molecule has 0 unspecified atom stereocenters. The molecule has 1 saturated heterocycles. The fraction of sp³-hybridized carbons (Fsp3) is 0.714. The first-order valence-electron chi connectivity index (χ1n) is 3.64. The van der Waals surface area contributed by atoms with Crippen LogP contribution in [0.5, 0.6) is 0 Å². The molecular formula is C7H13N2O2. The number of hydrogen-bond acceptors (Lipinski definition) is 3. The fourth-order valence-electron chi connectivity index (χ4n) is 1.08. The molecule has 1 heterocycles. The molecule has 11 heavy (non-hydrogen) atoms. The molecule has 0 bridgehead atoms. The monoisotopic (exact) mass is 157 g/mol. The van der Waals surface area contributed by atoms with Crippen molar-refractivity contribution in [1.29, 1.82) is 0 Å². The molecule has 0 saturated carbocycles. The Morgan fingerprint density at radius 1 is 1.64 bits per heavy atom. The van der Waals surface area contributed by atoms with Gasteiger partial charge in [0.25, 0.3) is 0 Å². The third-order valence-electron chi connectivity index (χ3n) is 1.81. The molecule has 63 valence electrons. The van der Waals surface area contributed by atoms with E-state index in [1.807, 2.05) is 0 Å². The summed E-state index contributed by atoms with van der Waals surface area (Å²) in [4.78, 5) is 17.8. The molecule has 0 aromatic heterocycles. The Balaban J connectivity index is 2.41. The van der Waals surface area contributed by atoms with E-state index in [1.54, 1.807) is 17.1 Å². The Kier molecular flexibility index (Phi) is 2.84. The minimum atomic E-state index is 0.0908. The topological polar surface area (TPSA) is 32.8 Å². The number of hydrogen-bond donors (Lipinski definition) is 0. The highest BCUT2D eigenvalue weighted by atomic mass is 16.7. The molecule has 1 aliphatic rings. The molecule has 1 radical (unpaired) electrons. The van der Waals surface area contributed by atoms with E-state index in [1.165, 1.54) is 0 Å². The van der Waals surface area contributed by atoms with Gasteiger partial charge in [-0.3, -0.25) is 4.79 Å². The van der Waals surface area contributed by atoms with Crippen molar-refractivity contribution >= 4 is 5.91 Å². The van der Waals surface area contributed by atoms with Crippen molar-refractivity contribution in [1.82, 2.24) is 9.96 Å². The number of carbonyl (C=O) groups is 1. The predicted molar refractivity (Wildman–Crippen MR) is 40.5 cm³/mol. The first-order valence-corrected chi connectivity index (χ1v) is 3.64. The average molecular weight is 157 g/mol. The largest absolute Gasteiger partial charge is 0.340 e. The molecule has 1 amide bonds. The highest BCUT2D eigenvalue weighted by Crippen LogP contribution is 2.01. The first-order chi connectivity index (χ1) is 5.27. The Bertz CT molecular complexity index is 149. The van der Waals surface area contributed by atoms with E-state index in [4.69, 9.17) is 4.84 Å². The molecule has 0 aliphatic carbocycles. The zero-order chi connectivity index (χ0) is 8.27. The van der Waals surface area contributed by atoms with E-state index in [0.717, 1.165) is 13.1 Å². The van der Waals surface area contributed by atoms with Gasteiger partial charge in [-0.2, -0.15) is 5.06 Å². The summed E-state index contributed by atoms with van der Waals surface area (Å²) in [5.41, 5.74) is 0. The summed E-state index contributed by atoms with van der Waals surface area (Å²) < 4.78 is 0. The van der Waals surface area contributed by atoms with Gasteiger partial charge >= 0.3 is 0 Å². The highest BCUT2D eigenvalue weighted by molar-refractivity contribution is 5.78. The zero-order valence-corrected chi connectivity index (χ0v) is 6.75. The van der Waals surface area contributed by atoms with Crippen LogP contribution in [-0.2, 0) is 9.63 Å². The molecular weight excluding hydrogens is 144 g/mol. The summed E-state index contributed by atoms with van der Waals surface area (Å²) in [6, 6.07) is 0. The second kappa shape index (κ2) is 3.69. The van der Waals surface area contributed by atoms with Crippen LogP contribution in [0.25, 0.3) is 0 Å². The second-order valence-electron chi connectivity index (χ2n) is 2.43. The maximum Gasteiger partial charge on any atom is 0.239 e. The summed E-state index contributed by atoms with van der Waals surface area (Å²) in [5, 5.41) is 1.65. The second-order valence-corrected chi connectivity index (χ2v) is 2.43. The summed E-state index contributed by atoms with van der Waals surface area (Å²) in [7, 11) is 1.58. The number of nitrogens with zero attached hydrogens (tertiary/aromatic N) is 2. The van der Waals surface area contributed by atoms with Crippen LogP contribution < -0.4 is 0 Å². The van der Waals surface area contributed by atoms with Crippen molar-refractivity contribution in [2.45, 2.75) is 0 Å². The van der Waals surface area contributed by atoms with E-state index < -0.39 is 0 Å². The van der Waals surface area contributed by atoms with Crippen LogP contribution in [0.3, 0.4) is 0 Å². The Hall–Kier alpha value is -0.610. The Morgan fingerprint density at radius 2 is 2.36 bits per heavy atom. The quantitative estimate of drug-likeness (QED) is 0.543. The lowest BCUT2D eigenvalue weighted by Gasteiger charge is -2.31. The molecule has 0 spiro atoms. The summed E-state index contributed by atoms with van der Waals surface area (Å²) in [6.07, 6.45) is 0. The van der Waals surface area contributed by atoms with E-state index in [9.17, 15) is 4.79 Å². The summed E-state index contributed by atoms with van der Waals surface area (Å²) >= 11 is 0. The highest BCUT2D eigenvalue weighted by Gasteiger charge is 2.21. The van der Waals surface area contributed by atoms with Crippen LogP contribution in [0.15, 0.2) is 0 Å². The molecule has 1 fully saturated rings. The molecule has 4 heteroatoms. The lowest BCUT2D eigenvalue weighted by atomic mass is 10.3. The third-order valence-corrected chi connectivity index (χ3v) is 1.81. The van der Waals surface area contributed by atoms with Crippen LogP contribution in [0.2, 0.25) is 0 Å². The normalized spacial score (nSPS) is 20.9. The van der Waals surface area contributed by atoms with Crippen LogP contribution in [0.4, 0.5) is 0 Å². The molecule has 0 aromatic rings. The number of piperazine rings is 1. The minimum Gasteiger partial charge on any atom is -0.340 e. The van der Waals surface area contributed by atoms with Crippen molar-refractivity contribution < 1.29 is 9.63 Å². The van der Waals surface area contributed by atoms with Crippen molar-refractivity contribution in [2.75, 3.05) is 33.3 Å². The minimum absolute atomic E-state index is 0.0908. The van der Waals surface area contributed by atoms with Gasteiger partial charge in [0, 0.05) is 19.6 Å². The number of carbonyl (C=O) groups excluding carboxylic acids is 1. The SMILES string of the molecule is [CH2]CN1CCN(OC)CC1=O. The van der Waals surface area contributed by atoms with E-state index in [-0.39, 0.29) is 5.91 Å². The van der Waals surface area contributed by atoms with Crippen molar-refractivity contribution in [3.05, 3.63) is 6.92 Å². The standard InChI is InChI=1S/C7H13N2O2/c1-3-8-4-5-9(11-2)6-7(8)10/h1,3-6H2,2H3. The summed E-state index contributed by atoms with van der Waals surface area (Å²) in [6.45, 7) is 6.06. The van der Waals surface area contributed by atoms with Gasteiger partial charge in [-0.25, -0.2) is 0 Å². The van der Waals surface area contributed by atoms with Gasteiger partial charge in [0.15, 0.2) is 0 Å². The molecule has 1 aliphatic heterocycles. The molecule has 0 N–H and O–H groups in total. The van der Waals surface area contributed by atoms with Crippen LogP contribution in [0.1, 0.15) is 0 Å². The van der Waals surface area contributed by atoms with Crippen LogP contribution in [-0.4, -0.2) is 49.2 Å². The number of rotatable bonds is 2. The van der Waals surface area contributed by atoms with E-state index in [2.05, 4.69) is 6.92 Å². The fourth-order valence-corrected chi connectivity index (χ4v) is 1.08.